The van der Waals surface area contributed by atoms with Crippen LogP contribution in [0.1, 0.15) is 53.4 Å². The van der Waals surface area contributed by atoms with Crippen LogP contribution in [-0.2, 0) is 19.2 Å². The summed E-state index contributed by atoms with van der Waals surface area (Å²) >= 11 is 0. The van der Waals surface area contributed by atoms with Gasteiger partial charge in [0.1, 0.15) is 0 Å². The molecule has 0 fully saturated rings. The molecule has 0 aliphatic heterocycles. The SMILES string of the molecule is O=C(CCCC(=O)NNC(=O)C(c1ccccc1)c1ccccc1)NNC(=O)C(c1ccccc1)c1ccccc1. The molecule has 0 spiro atoms. The average molecular weight is 549 g/mol. The Bertz CT molecular complexity index is 1240. The molecule has 0 heterocycles. The minimum atomic E-state index is -0.595. The number of nitrogens with one attached hydrogen (secondary N) is 4. The lowest BCUT2D eigenvalue weighted by Crippen LogP contribution is -2.45. The van der Waals surface area contributed by atoms with Crippen LogP contribution in [0, 0.1) is 0 Å². The number of amides is 4. The Kier molecular flexibility index (Phi) is 10.4. The van der Waals surface area contributed by atoms with Gasteiger partial charge >= 0.3 is 0 Å². The van der Waals surface area contributed by atoms with Crippen LogP contribution in [0.2, 0.25) is 0 Å². The van der Waals surface area contributed by atoms with Gasteiger partial charge in [-0.25, -0.2) is 0 Å². The summed E-state index contributed by atoms with van der Waals surface area (Å²) in [6.07, 6.45) is 0.254. The zero-order valence-electron chi connectivity index (χ0n) is 22.5. The summed E-state index contributed by atoms with van der Waals surface area (Å²) in [4.78, 5) is 50.8. The van der Waals surface area contributed by atoms with Gasteiger partial charge < -0.3 is 0 Å². The normalized spacial score (nSPS) is 10.6. The van der Waals surface area contributed by atoms with Gasteiger partial charge in [-0.3, -0.25) is 40.9 Å². The number of carbonyl (C=O) groups is 4. The molecule has 4 aromatic rings. The van der Waals surface area contributed by atoms with Gasteiger partial charge in [-0.1, -0.05) is 121 Å². The van der Waals surface area contributed by atoms with Crippen molar-refractivity contribution in [3.63, 3.8) is 0 Å². The smallest absolute Gasteiger partial charge is 0.250 e. The number of benzene rings is 4. The predicted molar refractivity (Wildman–Crippen MR) is 156 cm³/mol. The van der Waals surface area contributed by atoms with Crippen LogP contribution in [0.4, 0.5) is 0 Å². The molecule has 208 valence electrons. The number of hydrazine groups is 2. The quantitative estimate of drug-likeness (QED) is 0.223. The molecule has 4 amide bonds. The Balaban J connectivity index is 1.23. The Hall–Kier alpha value is -5.24. The summed E-state index contributed by atoms with van der Waals surface area (Å²) in [7, 11) is 0. The van der Waals surface area contributed by atoms with Crippen LogP contribution in [0.25, 0.3) is 0 Å². The van der Waals surface area contributed by atoms with Crippen molar-refractivity contribution in [3.8, 4) is 0 Å². The molecule has 0 saturated carbocycles. The molecule has 8 nitrogen and oxygen atoms in total. The molecule has 0 atom stereocenters. The van der Waals surface area contributed by atoms with E-state index in [2.05, 4.69) is 21.7 Å². The van der Waals surface area contributed by atoms with E-state index in [0.29, 0.717) is 0 Å². The standard InChI is InChI=1S/C33H32N4O4/c38-28(34-36-32(40)30(24-14-5-1-6-15-24)25-16-7-2-8-17-25)22-13-23-29(39)35-37-33(41)31(26-18-9-3-10-19-26)27-20-11-4-12-21-27/h1-12,14-21,30-31H,13,22-23H2,(H,34,38)(H,35,39)(H,36,40)(H,37,41). The van der Waals surface area contributed by atoms with E-state index in [-0.39, 0.29) is 31.1 Å². The molecule has 8 heteroatoms. The largest absolute Gasteiger partial charge is 0.273 e. The fourth-order valence-corrected chi connectivity index (χ4v) is 4.51. The van der Waals surface area contributed by atoms with Crippen molar-refractivity contribution in [2.45, 2.75) is 31.1 Å². The molecule has 0 aromatic heterocycles. The molecule has 41 heavy (non-hydrogen) atoms. The first-order chi connectivity index (χ1) is 20.0. The maximum Gasteiger partial charge on any atom is 0.250 e. The van der Waals surface area contributed by atoms with E-state index in [9.17, 15) is 19.2 Å². The first kappa shape index (κ1) is 28.8. The lowest BCUT2D eigenvalue weighted by Gasteiger charge is -2.18. The zero-order valence-corrected chi connectivity index (χ0v) is 22.5. The number of carbonyl (C=O) groups excluding carboxylic acids is 4. The average Bonchev–Trinajstić information content (AvgIpc) is 3.01. The molecule has 0 aliphatic carbocycles. The third-order valence-electron chi connectivity index (χ3n) is 6.51. The second-order valence-corrected chi connectivity index (χ2v) is 9.44. The maximum absolute atomic E-state index is 13.0. The third kappa shape index (κ3) is 8.37. The lowest BCUT2D eigenvalue weighted by molar-refractivity contribution is -0.130. The molecule has 4 rings (SSSR count). The molecule has 0 radical (unpaired) electrons. The molecule has 0 unspecified atom stereocenters. The highest BCUT2D eigenvalue weighted by Crippen LogP contribution is 2.25. The first-order valence-corrected chi connectivity index (χ1v) is 13.4. The highest BCUT2D eigenvalue weighted by molar-refractivity contribution is 5.90. The highest BCUT2D eigenvalue weighted by atomic mass is 16.2. The molecule has 4 aromatic carbocycles. The predicted octanol–water partition coefficient (Wildman–Crippen LogP) is 4.12. The fourth-order valence-electron chi connectivity index (χ4n) is 4.51. The Morgan fingerprint density at radius 1 is 0.415 bits per heavy atom. The van der Waals surface area contributed by atoms with E-state index < -0.39 is 23.7 Å². The van der Waals surface area contributed by atoms with Gasteiger partial charge in [-0.05, 0) is 28.7 Å². The van der Waals surface area contributed by atoms with Crippen molar-refractivity contribution in [2.24, 2.45) is 0 Å². The Morgan fingerprint density at radius 3 is 0.951 bits per heavy atom. The number of hydrogen-bond donors (Lipinski definition) is 4. The van der Waals surface area contributed by atoms with Crippen LogP contribution in [0.15, 0.2) is 121 Å². The summed E-state index contributed by atoms with van der Waals surface area (Å²) in [5.41, 5.74) is 13.1. The van der Waals surface area contributed by atoms with Gasteiger partial charge in [-0.15, -0.1) is 0 Å². The van der Waals surface area contributed by atoms with E-state index in [1.54, 1.807) is 0 Å². The molecule has 0 aliphatic rings. The van der Waals surface area contributed by atoms with Crippen molar-refractivity contribution >= 4 is 23.6 Å². The summed E-state index contributed by atoms with van der Waals surface area (Å²) in [5.74, 6) is -2.79. The van der Waals surface area contributed by atoms with Crippen LogP contribution >= 0.6 is 0 Å². The Morgan fingerprint density at radius 2 is 0.683 bits per heavy atom. The fraction of sp³-hybridized carbons (Fsp3) is 0.152. The van der Waals surface area contributed by atoms with Crippen molar-refractivity contribution in [1.82, 2.24) is 21.7 Å². The van der Waals surface area contributed by atoms with Crippen molar-refractivity contribution in [3.05, 3.63) is 144 Å². The summed E-state index contributed by atoms with van der Waals surface area (Å²) in [6.45, 7) is 0. The monoisotopic (exact) mass is 548 g/mol. The van der Waals surface area contributed by atoms with Gasteiger partial charge in [0, 0.05) is 12.8 Å². The summed E-state index contributed by atoms with van der Waals surface area (Å²) < 4.78 is 0. The molecule has 0 saturated heterocycles. The number of hydrogen-bond acceptors (Lipinski definition) is 4. The maximum atomic E-state index is 13.0. The number of rotatable bonds is 10. The van der Waals surface area contributed by atoms with Gasteiger partial charge in [0.2, 0.25) is 23.6 Å². The van der Waals surface area contributed by atoms with E-state index in [0.717, 1.165) is 22.3 Å². The van der Waals surface area contributed by atoms with E-state index in [1.807, 2.05) is 121 Å². The van der Waals surface area contributed by atoms with E-state index in [4.69, 9.17) is 0 Å². The minimum absolute atomic E-state index is 0.0135. The van der Waals surface area contributed by atoms with Gasteiger partial charge in [0.25, 0.3) is 0 Å². The van der Waals surface area contributed by atoms with Crippen LogP contribution in [-0.4, -0.2) is 23.6 Å². The minimum Gasteiger partial charge on any atom is -0.273 e. The summed E-state index contributed by atoms with van der Waals surface area (Å²) in [6, 6.07) is 37.2. The van der Waals surface area contributed by atoms with Gasteiger partial charge in [0.15, 0.2) is 0 Å². The molecule has 0 bridgehead atoms. The molecule has 4 N–H and O–H groups in total. The second-order valence-electron chi connectivity index (χ2n) is 9.44. The second kappa shape index (κ2) is 14.8. The lowest BCUT2D eigenvalue weighted by atomic mass is 9.91. The van der Waals surface area contributed by atoms with E-state index >= 15 is 0 Å². The first-order valence-electron chi connectivity index (χ1n) is 13.4. The van der Waals surface area contributed by atoms with Crippen LogP contribution in [0.5, 0.6) is 0 Å². The molecular weight excluding hydrogens is 516 g/mol. The zero-order chi connectivity index (χ0) is 28.9. The highest BCUT2D eigenvalue weighted by Gasteiger charge is 2.24. The van der Waals surface area contributed by atoms with Gasteiger partial charge in [0.05, 0.1) is 11.8 Å². The van der Waals surface area contributed by atoms with Crippen LogP contribution < -0.4 is 21.7 Å². The van der Waals surface area contributed by atoms with E-state index in [1.165, 1.54) is 0 Å². The van der Waals surface area contributed by atoms with Crippen molar-refractivity contribution < 1.29 is 19.2 Å². The Labute approximate surface area is 239 Å². The van der Waals surface area contributed by atoms with Crippen LogP contribution in [0.3, 0.4) is 0 Å². The third-order valence-corrected chi connectivity index (χ3v) is 6.51. The van der Waals surface area contributed by atoms with Crippen molar-refractivity contribution in [1.29, 1.82) is 0 Å². The summed E-state index contributed by atoms with van der Waals surface area (Å²) in [5, 5.41) is 0. The molecular formula is C33H32N4O4. The van der Waals surface area contributed by atoms with Gasteiger partial charge in [-0.2, -0.15) is 0 Å². The topological polar surface area (TPSA) is 116 Å². The van der Waals surface area contributed by atoms with Crippen molar-refractivity contribution in [2.75, 3.05) is 0 Å².